The first-order valence-electron chi connectivity index (χ1n) is 7.65. The molecule has 1 heterocycles. The second-order valence-corrected chi connectivity index (χ2v) is 6.24. The molecule has 0 atom stereocenters. The summed E-state index contributed by atoms with van der Waals surface area (Å²) in [6, 6.07) is 10.4. The van der Waals surface area contributed by atoms with Crippen molar-refractivity contribution in [3.63, 3.8) is 0 Å². The highest BCUT2D eigenvalue weighted by Gasteiger charge is 2.16. The number of methoxy groups -OCH3 is 1. The fourth-order valence-corrected chi connectivity index (χ4v) is 2.05. The van der Waals surface area contributed by atoms with Gasteiger partial charge in [-0.2, -0.15) is 0 Å². The van der Waals surface area contributed by atoms with Crippen LogP contribution in [-0.2, 0) is 4.74 Å². The number of carbonyl (C=O) groups excluding carboxylic acids is 1. The summed E-state index contributed by atoms with van der Waals surface area (Å²) >= 11 is 0. The predicted molar refractivity (Wildman–Crippen MR) is 94.5 cm³/mol. The van der Waals surface area contributed by atoms with E-state index in [0.29, 0.717) is 28.4 Å². The molecule has 2 rings (SSSR count). The van der Waals surface area contributed by atoms with E-state index in [-0.39, 0.29) is 0 Å². The lowest BCUT2D eigenvalue weighted by Crippen LogP contribution is -2.27. The average Bonchev–Trinajstić information content (AvgIpc) is 2.56. The zero-order valence-electron chi connectivity index (χ0n) is 14.6. The quantitative estimate of drug-likeness (QED) is 0.502. The molecule has 0 unspecified atom stereocenters. The first kappa shape index (κ1) is 18.3. The molecule has 0 fully saturated rings. The summed E-state index contributed by atoms with van der Waals surface area (Å²) in [6.45, 7) is 5.34. The van der Waals surface area contributed by atoms with Crippen LogP contribution in [-0.4, -0.2) is 34.7 Å². The normalized spacial score (nSPS) is 11.8. The number of benzene rings is 1. The second-order valence-electron chi connectivity index (χ2n) is 6.24. The van der Waals surface area contributed by atoms with Gasteiger partial charge in [0, 0.05) is 17.3 Å². The van der Waals surface area contributed by atoms with Crippen molar-refractivity contribution in [1.29, 1.82) is 0 Å². The van der Waals surface area contributed by atoms with E-state index in [0.717, 1.165) is 0 Å². The lowest BCUT2D eigenvalue weighted by atomic mass is 10.0. The molecular formula is C18H21N3O4. The van der Waals surface area contributed by atoms with E-state index in [4.69, 9.17) is 9.47 Å². The van der Waals surface area contributed by atoms with E-state index >= 15 is 0 Å². The summed E-state index contributed by atoms with van der Waals surface area (Å²) in [6.07, 6.45) is 0.922. The monoisotopic (exact) mass is 343 g/mol. The van der Waals surface area contributed by atoms with E-state index in [2.05, 4.69) is 15.5 Å². The van der Waals surface area contributed by atoms with E-state index in [1.54, 1.807) is 64.3 Å². The number of nitrogens with zero attached hydrogens (tertiary/aromatic N) is 2. The van der Waals surface area contributed by atoms with Gasteiger partial charge in [0.25, 0.3) is 0 Å². The number of ether oxygens (including phenoxy) is 2. The lowest BCUT2D eigenvalue weighted by molar-refractivity contribution is 0.0635. The van der Waals surface area contributed by atoms with Crippen molar-refractivity contribution >= 4 is 17.6 Å². The van der Waals surface area contributed by atoms with Crippen molar-refractivity contribution in [2.75, 3.05) is 12.4 Å². The van der Waals surface area contributed by atoms with Crippen molar-refractivity contribution in [2.24, 2.45) is 5.16 Å². The van der Waals surface area contributed by atoms with E-state index in [1.807, 2.05) is 0 Å². The summed E-state index contributed by atoms with van der Waals surface area (Å²) in [7, 11) is 1.58. The Morgan fingerprint density at radius 1 is 1.12 bits per heavy atom. The number of hydrogen-bond donors (Lipinski definition) is 2. The van der Waals surface area contributed by atoms with E-state index in [1.165, 1.54) is 6.20 Å². The Morgan fingerprint density at radius 2 is 1.76 bits per heavy atom. The van der Waals surface area contributed by atoms with Crippen molar-refractivity contribution in [2.45, 2.75) is 26.4 Å². The van der Waals surface area contributed by atoms with Crippen LogP contribution >= 0.6 is 0 Å². The van der Waals surface area contributed by atoms with Crippen molar-refractivity contribution < 1.29 is 19.5 Å². The van der Waals surface area contributed by atoms with Crippen LogP contribution in [0.2, 0.25) is 0 Å². The molecule has 1 aromatic heterocycles. The third kappa shape index (κ3) is 5.20. The predicted octanol–water partition coefficient (Wildman–Crippen LogP) is 3.66. The Morgan fingerprint density at radius 3 is 2.24 bits per heavy atom. The van der Waals surface area contributed by atoms with Crippen molar-refractivity contribution in [1.82, 2.24) is 4.98 Å². The smallest absolute Gasteiger partial charge is 0.413 e. The van der Waals surface area contributed by atoms with Gasteiger partial charge in [-0.15, -0.1) is 0 Å². The number of rotatable bonds is 4. The molecule has 0 radical (unpaired) electrons. The molecule has 0 spiro atoms. The molecule has 0 bridgehead atoms. The first-order chi connectivity index (χ1) is 11.8. The van der Waals surface area contributed by atoms with Gasteiger partial charge in [-0.25, -0.2) is 9.78 Å². The zero-order valence-corrected chi connectivity index (χ0v) is 14.6. The molecule has 25 heavy (non-hydrogen) atoms. The highest BCUT2D eigenvalue weighted by Crippen LogP contribution is 2.17. The molecule has 0 aliphatic rings. The number of aromatic nitrogens is 1. The van der Waals surface area contributed by atoms with Gasteiger partial charge in [0.05, 0.1) is 7.11 Å². The standard InChI is InChI=1S/C18H21N3O4/c1-18(2,3)25-17(22)20-15-10-7-13(11-19-15)16(21-23)12-5-8-14(24-4)9-6-12/h5-11,23H,1-4H3,(H,19,20,22)/b21-16-. The fourth-order valence-electron chi connectivity index (χ4n) is 2.05. The molecule has 132 valence electrons. The highest BCUT2D eigenvalue weighted by molar-refractivity contribution is 6.12. The molecule has 2 N–H and O–H groups in total. The number of oxime groups is 1. The number of hydrogen-bond acceptors (Lipinski definition) is 6. The molecule has 7 nitrogen and oxygen atoms in total. The van der Waals surface area contributed by atoms with Gasteiger partial charge in [0.15, 0.2) is 0 Å². The third-order valence-electron chi connectivity index (χ3n) is 3.13. The summed E-state index contributed by atoms with van der Waals surface area (Å²) in [4.78, 5) is 15.9. The molecule has 2 aromatic rings. The zero-order chi connectivity index (χ0) is 18.4. The molecule has 7 heteroatoms. The molecule has 0 saturated carbocycles. The lowest BCUT2D eigenvalue weighted by Gasteiger charge is -2.19. The van der Waals surface area contributed by atoms with Crippen LogP contribution in [0.25, 0.3) is 0 Å². The van der Waals surface area contributed by atoms with Crippen molar-refractivity contribution in [3.8, 4) is 5.75 Å². The minimum absolute atomic E-state index is 0.338. The van der Waals surface area contributed by atoms with Gasteiger partial charge >= 0.3 is 6.09 Å². The molecule has 1 aromatic carbocycles. The Labute approximate surface area is 146 Å². The summed E-state index contributed by atoms with van der Waals surface area (Å²) in [5.41, 5.74) is 1.08. The van der Waals surface area contributed by atoms with E-state index in [9.17, 15) is 10.0 Å². The molecular weight excluding hydrogens is 322 g/mol. The highest BCUT2D eigenvalue weighted by atomic mass is 16.6. The summed E-state index contributed by atoms with van der Waals surface area (Å²) in [5.74, 6) is 1.04. The third-order valence-corrected chi connectivity index (χ3v) is 3.13. The van der Waals surface area contributed by atoms with Crippen LogP contribution in [0.1, 0.15) is 31.9 Å². The Balaban J connectivity index is 2.13. The van der Waals surface area contributed by atoms with Crippen LogP contribution in [0.4, 0.5) is 10.6 Å². The van der Waals surface area contributed by atoms with Gasteiger partial charge in [0.1, 0.15) is 22.9 Å². The average molecular weight is 343 g/mol. The summed E-state index contributed by atoms with van der Waals surface area (Å²) < 4.78 is 10.3. The van der Waals surface area contributed by atoms with Crippen LogP contribution in [0, 0.1) is 0 Å². The number of nitrogens with one attached hydrogen (secondary N) is 1. The Hall–Kier alpha value is -3.09. The molecule has 0 aliphatic carbocycles. The maximum atomic E-state index is 11.7. The summed E-state index contributed by atoms with van der Waals surface area (Å²) in [5, 5.41) is 15.2. The van der Waals surface area contributed by atoms with Gasteiger partial charge < -0.3 is 14.7 Å². The fraction of sp³-hybridized carbons (Fsp3) is 0.278. The largest absolute Gasteiger partial charge is 0.497 e. The van der Waals surface area contributed by atoms with E-state index < -0.39 is 11.7 Å². The van der Waals surface area contributed by atoms with Crippen LogP contribution < -0.4 is 10.1 Å². The molecule has 0 saturated heterocycles. The van der Waals surface area contributed by atoms with Crippen molar-refractivity contribution in [3.05, 3.63) is 53.7 Å². The Bertz CT molecular complexity index is 747. The second kappa shape index (κ2) is 7.65. The van der Waals surface area contributed by atoms with Gasteiger partial charge in [-0.05, 0) is 57.2 Å². The minimum Gasteiger partial charge on any atom is -0.497 e. The van der Waals surface area contributed by atoms with Gasteiger partial charge in [-0.3, -0.25) is 5.32 Å². The minimum atomic E-state index is -0.588. The van der Waals surface area contributed by atoms with Crippen LogP contribution in [0.5, 0.6) is 5.75 Å². The first-order valence-corrected chi connectivity index (χ1v) is 7.65. The number of anilines is 1. The number of pyridine rings is 1. The maximum Gasteiger partial charge on any atom is 0.413 e. The van der Waals surface area contributed by atoms with Gasteiger partial charge in [0.2, 0.25) is 0 Å². The van der Waals surface area contributed by atoms with Crippen LogP contribution in [0.3, 0.4) is 0 Å². The topological polar surface area (TPSA) is 93.0 Å². The molecule has 1 amide bonds. The molecule has 0 aliphatic heterocycles. The number of carbonyl (C=O) groups is 1. The van der Waals surface area contributed by atoms with Crippen LogP contribution in [0.15, 0.2) is 47.8 Å². The van der Waals surface area contributed by atoms with Gasteiger partial charge in [-0.1, -0.05) is 5.16 Å². The maximum absolute atomic E-state index is 11.7. The SMILES string of the molecule is COc1ccc(/C(=N/O)c2ccc(NC(=O)OC(C)(C)C)nc2)cc1. The number of amides is 1. The Kier molecular flexibility index (Phi) is 5.59.